The number of hydrogen-bond donors (Lipinski definition) is 1. The van der Waals surface area contributed by atoms with Crippen LogP contribution in [0.15, 0.2) is 42.5 Å². The summed E-state index contributed by atoms with van der Waals surface area (Å²) in [5.41, 5.74) is 2.95. The Morgan fingerprint density at radius 1 is 1.13 bits per heavy atom. The van der Waals surface area contributed by atoms with Gasteiger partial charge < -0.3 is 15.0 Å². The Morgan fingerprint density at radius 3 is 2.50 bits per heavy atom. The van der Waals surface area contributed by atoms with Crippen LogP contribution in [0.3, 0.4) is 0 Å². The minimum absolute atomic E-state index is 0.0366. The summed E-state index contributed by atoms with van der Waals surface area (Å²) in [6, 6.07) is 12.5. The fourth-order valence-corrected chi connectivity index (χ4v) is 3.28. The highest BCUT2D eigenvalue weighted by Crippen LogP contribution is 2.20. The van der Waals surface area contributed by atoms with E-state index in [-0.39, 0.29) is 31.0 Å². The predicted octanol–water partition coefficient (Wildman–Crippen LogP) is 4.67. The minimum Gasteiger partial charge on any atom is -0.483 e. The summed E-state index contributed by atoms with van der Waals surface area (Å²) in [5, 5.41) is 3.54. The summed E-state index contributed by atoms with van der Waals surface area (Å²) >= 11 is 6.10. The number of aryl methyl sites for hydroxylation is 2. The quantitative estimate of drug-likeness (QED) is 0.629. The third kappa shape index (κ3) is 6.77. The Balaban J connectivity index is 2.18. The summed E-state index contributed by atoms with van der Waals surface area (Å²) < 4.78 is 5.78. The topological polar surface area (TPSA) is 58.6 Å². The van der Waals surface area contributed by atoms with Crippen LogP contribution < -0.4 is 10.1 Å². The molecule has 2 rings (SSSR count). The minimum atomic E-state index is -0.645. The number of carbonyl (C=O) groups excluding carboxylic acids is 2. The maximum Gasteiger partial charge on any atom is 0.261 e. The second-order valence-corrected chi connectivity index (χ2v) is 8.14. The molecule has 30 heavy (non-hydrogen) atoms. The van der Waals surface area contributed by atoms with Gasteiger partial charge in [-0.3, -0.25) is 9.59 Å². The Bertz CT molecular complexity index is 885. The van der Waals surface area contributed by atoms with Gasteiger partial charge in [-0.15, -0.1) is 0 Å². The van der Waals surface area contributed by atoms with Crippen molar-refractivity contribution in [2.45, 2.75) is 59.7 Å². The Hall–Kier alpha value is -2.53. The van der Waals surface area contributed by atoms with Gasteiger partial charge in [0.2, 0.25) is 5.91 Å². The lowest BCUT2D eigenvalue weighted by molar-refractivity contribution is -0.142. The van der Waals surface area contributed by atoms with Crippen LogP contribution in [0.1, 0.15) is 43.9 Å². The summed E-state index contributed by atoms with van der Waals surface area (Å²) in [4.78, 5) is 27.3. The van der Waals surface area contributed by atoms with Crippen molar-refractivity contribution >= 4 is 23.4 Å². The number of nitrogens with zero attached hydrogens (tertiary/aromatic N) is 1. The number of ether oxygens (including phenoxy) is 1. The lowest BCUT2D eigenvalue weighted by Crippen LogP contribution is -2.50. The third-order valence-electron chi connectivity index (χ3n) is 5.09. The Kier molecular flexibility index (Phi) is 8.72. The molecule has 162 valence electrons. The SMILES string of the molecule is CC[C@H](C)NC(=O)[C@H](C)N(Cc1cccc(Cl)c1)C(=O)COc1ccc(C)cc1C. The van der Waals surface area contributed by atoms with Crippen molar-refractivity contribution in [2.24, 2.45) is 0 Å². The summed E-state index contributed by atoms with van der Waals surface area (Å²) in [7, 11) is 0. The molecule has 5 nitrogen and oxygen atoms in total. The molecule has 0 saturated heterocycles. The lowest BCUT2D eigenvalue weighted by atomic mass is 10.1. The maximum absolute atomic E-state index is 13.1. The van der Waals surface area contributed by atoms with Gasteiger partial charge in [-0.25, -0.2) is 0 Å². The molecule has 0 radical (unpaired) electrons. The highest BCUT2D eigenvalue weighted by molar-refractivity contribution is 6.30. The molecule has 0 unspecified atom stereocenters. The molecule has 0 aromatic heterocycles. The first kappa shape index (κ1) is 23.7. The van der Waals surface area contributed by atoms with Crippen LogP contribution in [0, 0.1) is 13.8 Å². The highest BCUT2D eigenvalue weighted by Gasteiger charge is 2.27. The average molecular weight is 431 g/mol. The number of amides is 2. The van der Waals surface area contributed by atoms with Gasteiger partial charge in [-0.05, 0) is 63.4 Å². The molecule has 2 aromatic rings. The Morgan fingerprint density at radius 2 is 1.87 bits per heavy atom. The smallest absolute Gasteiger partial charge is 0.261 e. The van der Waals surface area contributed by atoms with Gasteiger partial charge in [-0.2, -0.15) is 0 Å². The molecule has 2 amide bonds. The van der Waals surface area contributed by atoms with E-state index in [1.807, 2.05) is 58.0 Å². The number of hydrogen-bond acceptors (Lipinski definition) is 3. The van der Waals surface area contributed by atoms with Gasteiger partial charge in [0.05, 0.1) is 0 Å². The van der Waals surface area contributed by atoms with Crippen molar-refractivity contribution in [1.82, 2.24) is 10.2 Å². The normalized spacial score (nSPS) is 12.7. The van der Waals surface area contributed by atoms with Gasteiger partial charge in [-0.1, -0.05) is 48.4 Å². The van der Waals surface area contributed by atoms with Crippen molar-refractivity contribution in [3.63, 3.8) is 0 Å². The maximum atomic E-state index is 13.1. The molecule has 0 aliphatic heterocycles. The van der Waals surface area contributed by atoms with E-state index in [0.717, 1.165) is 23.1 Å². The van der Waals surface area contributed by atoms with E-state index in [9.17, 15) is 9.59 Å². The fourth-order valence-electron chi connectivity index (χ4n) is 3.06. The molecule has 0 aliphatic carbocycles. The molecule has 1 N–H and O–H groups in total. The summed E-state index contributed by atoms with van der Waals surface area (Å²) in [6.07, 6.45) is 0.816. The van der Waals surface area contributed by atoms with E-state index >= 15 is 0 Å². The fraction of sp³-hybridized carbons (Fsp3) is 0.417. The van der Waals surface area contributed by atoms with Crippen LogP contribution in [-0.4, -0.2) is 35.4 Å². The number of benzene rings is 2. The first-order chi connectivity index (χ1) is 14.2. The van der Waals surface area contributed by atoms with Gasteiger partial charge in [0.1, 0.15) is 11.8 Å². The van der Waals surface area contributed by atoms with Gasteiger partial charge in [0.25, 0.3) is 5.91 Å². The van der Waals surface area contributed by atoms with E-state index in [0.29, 0.717) is 10.8 Å². The number of rotatable bonds is 9. The standard InChI is InChI=1S/C24H31ClN2O3/c1-6-18(4)26-24(29)19(5)27(14-20-8-7-9-21(25)13-20)23(28)15-30-22-11-10-16(2)12-17(22)3/h7-13,18-19H,6,14-15H2,1-5H3,(H,26,29)/t18-,19-/m0/s1. The van der Waals surface area contributed by atoms with Crippen LogP contribution in [0.25, 0.3) is 0 Å². The molecule has 0 fully saturated rings. The van der Waals surface area contributed by atoms with E-state index in [1.54, 1.807) is 19.1 Å². The van der Waals surface area contributed by atoms with Gasteiger partial charge in [0.15, 0.2) is 6.61 Å². The van der Waals surface area contributed by atoms with Crippen molar-refractivity contribution in [3.8, 4) is 5.75 Å². The zero-order chi connectivity index (χ0) is 22.3. The van der Waals surface area contributed by atoms with Crippen molar-refractivity contribution in [1.29, 1.82) is 0 Å². The van der Waals surface area contributed by atoms with Crippen LogP contribution in [0.5, 0.6) is 5.75 Å². The molecule has 0 aliphatic rings. The number of halogens is 1. The van der Waals surface area contributed by atoms with Gasteiger partial charge in [0, 0.05) is 17.6 Å². The molecular weight excluding hydrogens is 400 g/mol. The zero-order valence-corrected chi connectivity index (χ0v) is 19.1. The van der Waals surface area contributed by atoms with E-state index in [4.69, 9.17) is 16.3 Å². The Labute approximate surface area is 184 Å². The number of nitrogens with one attached hydrogen (secondary N) is 1. The van der Waals surface area contributed by atoms with Crippen LogP contribution in [0.4, 0.5) is 0 Å². The predicted molar refractivity (Wildman–Crippen MR) is 121 cm³/mol. The monoisotopic (exact) mass is 430 g/mol. The molecule has 0 saturated carbocycles. The van der Waals surface area contributed by atoms with E-state index in [1.165, 1.54) is 4.90 Å². The van der Waals surface area contributed by atoms with Crippen molar-refractivity contribution in [2.75, 3.05) is 6.61 Å². The first-order valence-electron chi connectivity index (χ1n) is 10.3. The molecular formula is C24H31ClN2O3. The second kappa shape index (κ2) is 11.0. The number of carbonyl (C=O) groups is 2. The summed E-state index contributed by atoms with van der Waals surface area (Å²) in [5.74, 6) is 0.210. The van der Waals surface area contributed by atoms with Crippen molar-refractivity contribution < 1.29 is 14.3 Å². The highest BCUT2D eigenvalue weighted by atomic mass is 35.5. The van der Waals surface area contributed by atoms with E-state index in [2.05, 4.69) is 5.32 Å². The van der Waals surface area contributed by atoms with Crippen molar-refractivity contribution in [3.05, 3.63) is 64.2 Å². The van der Waals surface area contributed by atoms with Crippen LogP contribution >= 0.6 is 11.6 Å². The molecule has 2 aromatic carbocycles. The second-order valence-electron chi connectivity index (χ2n) is 7.70. The average Bonchev–Trinajstić information content (AvgIpc) is 2.70. The molecule has 0 bridgehead atoms. The van der Waals surface area contributed by atoms with Crippen LogP contribution in [-0.2, 0) is 16.1 Å². The largest absolute Gasteiger partial charge is 0.483 e. The lowest BCUT2D eigenvalue weighted by Gasteiger charge is -2.29. The third-order valence-corrected chi connectivity index (χ3v) is 5.33. The van der Waals surface area contributed by atoms with Crippen LogP contribution in [0.2, 0.25) is 5.02 Å². The first-order valence-corrected chi connectivity index (χ1v) is 10.6. The summed E-state index contributed by atoms with van der Waals surface area (Å²) in [6.45, 7) is 9.75. The molecule has 6 heteroatoms. The molecule has 0 spiro atoms. The van der Waals surface area contributed by atoms with Gasteiger partial charge >= 0.3 is 0 Å². The molecule has 0 heterocycles. The molecule has 2 atom stereocenters. The van der Waals surface area contributed by atoms with E-state index < -0.39 is 6.04 Å². The zero-order valence-electron chi connectivity index (χ0n) is 18.4.